The summed E-state index contributed by atoms with van der Waals surface area (Å²) in [5.41, 5.74) is 2.48. The van der Waals surface area contributed by atoms with Crippen LogP contribution in [0.1, 0.15) is 47.1 Å². The second-order valence-corrected chi connectivity index (χ2v) is 11.0. The third kappa shape index (κ3) is 2.07. The van der Waals surface area contributed by atoms with E-state index in [1.54, 1.807) is 0 Å². The summed E-state index contributed by atoms with van der Waals surface area (Å²) in [4.78, 5) is 4.70. The summed E-state index contributed by atoms with van der Waals surface area (Å²) in [6.07, 6.45) is 4.22. The maximum atomic E-state index is 4.70. The van der Waals surface area contributed by atoms with Crippen molar-refractivity contribution in [1.29, 1.82) is 0 Å². The van der Waals surface area contributed by atoms with Crippen molar-refractivity contribution < 1.29 is 0 Å². The molecule has 0 radical (unpaired) electrons. The molecule has 3 heteroatoms. The Bertz CT molecular complexity index is 574. The van der Waals surface area contributed by atoms with E-state index < -0.39 is 10.2 Å². The molecule has 2 heterocycles. The Morgan fingerprint density at radius 1 is 0.950 bits per heavy atom. The molecule has 0 fully saturated rings. The highest BCUT2D eigenvalue weighted by atomic mass is 32.3. The number of hydrogen-bond donors (Lipinski definition) is 0. The Morgan fingerprint density at radius 2 is 1.50 bits per heavy atom. The molecule has 0 atom stereocenters. The van der Waals surface area contributed by atoms with Crippen molar-refractivity contribution in [1.82, 2.24) is 8.96 Å². The van der Waals surface area contributed by atoms with E-state index in [1.807, 2.05) is 6.20 Å². The standard InChI is InChI=1S/C17H28N2S/c1-12(2)20(13(3)4,14(5)6)19-11-9-16-15(7)8-10-18-17(16)19/h8-14H,1-7H3. The van der Waals surface area contributed by atoms with Crippen LogP contribution in [0.5, 0.6) is 0 Å². The van der Waals surface area contributed by atoms with Gasteiger partial charge in [-0.1, -0.05) is 41.5 Å². The van der Waals surface area contributed by atoms with Gasteiger partial charge in [-0.05, 0) is 24.6 Å². The lowest BCUT2D eigenvalue weighted by Gasteiger charge is -2.52. The molecule has 2 nitrogen and oxygen atoms in total. The molecule has 0 unspecified atom stereocenters. The second kappa shape index (κ2) is 5.44. The quantitative estimate of drug-likeness (QED) is 0.763. The number of rotatable bonds is 4. The van der Waals surface area contributed by atoms with Gasteiger partial charge in [0.05, 0.1) is 0 Å². The maximum Gasteiger partial charge on any atom is 0.148 e. The van der Waals surface area contributed by atoms with Gasteiger partial charge in [0, 0.05) is 33.5 Å². The van der Waals surface area contributed by atoms with Gasteiger partial charge in [0.1, 0.15) is 5.65 Å². The van der Waals surface area contributed by atoms with Crippen LogP contribution in [0.15, 0.2) is 24.5 Å². The van der Waals surface area contributed by atoms with Crippen molar-refractivity contribution in [2.24, 2.45) is 0 Å². The first-order valence-corrected chi connectivity index (χ1v) is 9.34. The average Bonchev–Trinajstić information content (AvgIpc) is 2.74. The summed E-state index contributed by atoms with van der Waals surface area (Å²) in [5, 5.41) is 3.22. The molecule has 0 aromatic carbocycles. The average molecular weight is 292 g/mol. The fourth-order valence-corrected chi connectivity index (χ4v) is 9.06. The summed E-state index contributed by atoms with van der Waals surface area (Å²) in [7, 11) is -0.971. The van der Waals surface area contributed by atoms with Gasteiger partial charge in [0.25, 0.3) is 0 Å². The zero-order valence-electron chi connectivity index (χ0n) is 13.8. The van der Waals surface area contributed by atoms with Crippen LogP contribution >= 0.6 is 10.2 Å². The third-order valence-corrected chi connectivity index (χ3v) is 9.89. The van der Waals surface area contributed by atoms with E-state index >= 15 is 0 Å². The van der Waals surface area contributed by atoms with Crippen LogP contribution in [0.2, 0.25) is 0 Å². The molecule has 2 aromatic rings. The lowest BCUT2D eigenvalue weighted by Crippen LogP contribution is -2.33. The summed E-state index contributed by atoms with van der Waals surface area (Å²) in [6.45, 7) is 16.4. The Kier molecular flexibility index (Phi) is 4.19. The van der Waals surface area contributed by atoms with E-state index in [0.717, 1.165) is 5.65 Å². The van der Waals surface area contributed by atoms with Gasteiger partial charge in [-0.25, -0.2) is 4.98 Å². The fraction of sp³-hybridized carbons (Fsp3) is 0.588. The molecule has 0 N–H and O–H groups in total. The summed E-state index contributed by atoms with van der Waals surface area (Å²) < 4.78 is 2.52. The molecular weight excluding hydrogens is 264 g/mol. The molecule has 0 aliphatic carbocycles. The smallest absolute Gasteiger partial charge is 0.148 e. The van der Waals surface area contributed by atoms with Gasteiger partial charge in [0.15, 0.2) is 0 Å². The summed E-state index contributed by atoms with van der Waals surface area (Å²) in [5.74, 6) is 0. The largest absolute Gasteiger partial charge is 0.293 e. The Labute approximate surface area is 125 Å². The Balaban J connectivity index is 2.79. The van der Waals surface area contributed by atoms with Crippen LogP contribution in [0, 0.1) is 6.92 Å². The molecule has 0 bridgehead atoms. The molecule has 2 aromatic heterocycles. The SMILES string of the molecule is Cc1ccnc2c1ccn2S(C(C)C)(C(C)C)C(C)C. The number of hydrogen-bond acceptors (Lipinski definition) is 1. The van der Waals surface area contributed by atoms with E-state index in [0.29, 0.717) is 15.7 Å². The van der Waals surface area contributed by atoms with Gasteiger partial charge in [-0.3, -0.25) is 3.97 Å². The monoisotopic (exact) mass is 292 g/mol. The van der Waals surface area contributed by atoms with E-state index in [-0.39, 0.29) is 0 Å². The van der Waals surface area contributed by atoms with Crippen molar-refractivity contribution in [2.75, 3.05) is 0 Å². The van der Waals surface area contributed by atoms with Crippen LogP contribution in [0.25, 0.3) is 11.0 Å². The van der Waals surface area contributed by atoms with Crippen LogP contribution in [-0.4, -0.2) is 24.7 Å². The number of pyridine rings is 1. The van der Waals surface area contributed by atoms with Crippen molar-refractivity contribution in [3.63, 3.8) is 0 Å². The predicted octanol–water partition coefficient (Wildman–Crippen LogP) is 5.14. The number of aryl methyl sites for hydroxylation is 1. The number of aromatic nitrogens is 2. The van der Waals surface area contributed by atoms with E-state index in [9.17, 15) is 0 Å². The summed E-state index contributed by atoms with van der Waals surface area (Å²) in [6, 6.07) is 4.34. The first-order chi connectivity index (χ1) is 9.33. The lowest BCUT2D eigenvalue weighted by atomic mass is 10.2. The van der Waals surface area contributed by atoms with Crippen molar-refractivity contribution in [3.05, 3.63) is 30.1 Å². The summed E-state index contributed by atoms with van der Waals surface area (Å²) >= 11 is 0. The van der Waals surface area contributed by atoms with Gasteiger partial charge in [-0.2, -0.15) is 10.2 Å². The molecule has 20 heavy (non-hydrogen) atoms. The highest BCUT2D eigenvalue weighted by molar-refractivity contribution is 8.33. The van der Waals surface area contributed by atoms with Gasteiger partial charge in [0.2, 0.25) is 0 Å². The highest BCUT2D eigenvalue weighted by Crippen LogP contribution is 2.62. The topological polar surface area (TPSA) is 17.8 Å². The molecular formula is C17H28N2S. The fourth-order valence-electron chi connectivity index (χ4n) is 3.72. The lowest BCUT2D eigenvalue weighted by molar-refractivity contribution is 0.912. The van der Waals surface area contributed by atoms with E-state index in [4.69, 9.17) is 4.98 Å². The zero-order valence-corrected chi connectivity index (χ0v) is 14.7. The molecule has 0 aliphatic rings. The van der Waals surface area contributed by atoms with Crippen LogP contribution in [-0.2, 0) is 0 Å². The molecule has 2 rings (SSSR count). The van der Waals surface area contributed by atoms with E-state index in [1.165, 1.54) is 10.9 Å². The first-order valence-electron chi connectivity index (χ1n) is 7.56. The first kappa shape index (κ1) is 15.4. The van der Waals surface area contributed by atoms with Crippen LogP contribution in [0.4, 0.5) is 0 Å². The third-order valence-electron chi connectivity index (χ3n) is 4.38. The van der Waals surface area contributed by atoms with Gasteiger partial charge >= 0.3 is 0 Å². The molecule has 0 spiro atoms. The minimum absolute atomic E-state index is 0.639. The Hall–Kier alpha value is -0.960. The molecule has 0 amide bonds. The number of nitrogens with zero attached hydrogens (tertiary/aromatic N) is 2. The number of fused-ring (bicyclic) bond motifs is 1. The molecule has 0 saturated carbocycles. The molecule has 0 aliphatic heterocycles. The van der Waals surface area contributed by atoms with Gasteiger partial charge < -0.3 is 0 Å². The maximum absolute atomic E-state index is 4.70. The molecule has 112 valence electrons. The van der Waals surface area contributed by atoms with Crippen molar-refractivity contribution in [2.45, 2.75) is 64.2 Å². The van der Waals surface area contributed by atoms with Crippen molar-refractivity contribution in [3.8, 4) is 0 Å². The minimum atomic E-state index is -0.971. The molecule has 0 saturated heterocycles. The van der Waals surface area contributed by atoms with Crippen LogP contribution < -0.4 is 0 Å². The zero-order chi connectivity index (χ0) is 15.1. The van der Waals surface area contributed by atoms with Crippen molar-refractivity contribution >= 4 is 21.2 Å². The normalized spacial score (nSPS) is 13.9. The van der Waals surface area contributed by atoms with Crippen LogP contribution in [0.3, 0.4) is 0 Å². The van der Waals surface area contributed by atoms with E-state index in [2.05, 4.69) is 70.8 Å². The highest BCUT2D eigenvalue weighted by Gasteiger charge is 2.37. The Morgan fingerprint density at radius 3 is 2.00 bits per heavy atom. The minimum Gasteiger partial charge on any atom is -0.293 e. The van der Waals surface area contributed by atoms with Gasteiger partial charge in [-0.15, -0.1) is 0 Å². The second-order valence-electron chi connectivity index (χ2n) is 6.38. The predicted molar refractivity (Wildman–Crippen MR) is 92.9 cm³/mol.